The summed E-state index contributed by atoms with van der Waals surface area (Å²) in [6.45, 7) is 0. The number of imide groups is 1. The fourth-order valence-electron chi connectivity index (χ4n) is 3.60. The van der Waals surface area contributed by atoms with Crippen molar-refractivity contribution in [2.24, 2.45) is 0 Å². The van der Waals surface area contributed by atoms with Gasteiger partial charge in [0, 0.05) is 17.7 Å². The highest BCUT2D eigenvalue weighted by Gasteiger charge is 2.39. The fraction of sp³-hybridized carbons (Fsp3) is 0.300. The number of halogens is 2. The van der Waals surface area contributed by atoms with Crippen LogP contribution in [0.25, 0.3) is 17.4 Å². The summed E-state index contributed by atoms with van der Waals surface area (Å²) in [4.78, 5) is 26.1. The van der Waals surface area contributed by atoms with E-state index in [1.165, 1.54) is 17.0 Å². The minimum atomic E-state index is -0.967. The highest BCUT2D eigenvalue weighted by atomic mass is 19.2. The Balaban J connectivity index is 1.55. The number of urea groups is 1. The summed E-state index contributed by atoms with van der Waals surface area (Å²) < 4.78 is 32.1. The van der Waals surface area contributed by atoms with Gasteiger partial charge in [0.05, 0.1) is 0 Å². The maximum Gasteiger partial charge on any atom is 0.329 e. The van der Waals surface area contributed by atoms with Gasteiger partial charge in [-0.15, -0.1) is 0 Å². The molecule has 27 heavy (non-hydrogen) atoms. The normalized spacial score (nSPS) is 19.8. The largest absolute Gasteiger partial charge is 0.457 e. The summed E-state index contributed by atoms with van der Waals surface area (Å²) >= 11 is 0. The van der Waals surface area contributed by atoms with Crippen LogP contribution in [0.15, 0.2) is 40.4 Å². The number of benzene rings is 1. The predicted octanol–water partition coefficient (Wildman–Crippen LogP) is 4.45. The van der Waals surface area contributed by atoms with Crippen molar-refractivity contribution in [1.29, 1.82) is 0 Å². The fourth-order valence-corrected chi connectivity index (χ4v) is 3.60. The Morgan fingerprint density at radius 2 is 1.81 bits per heavy atom. The molecule has 7 heteroatoms. The average molecular weight is 372 g/mol. The third-order valence-electron chi connectivity index (χ3n) is 4.97. The smallest absolute Gasteiger partial charge is 0.329 e. The third-order valence-corrected chi connectivity index (χ3v) is 4.97. The number of hydrogen-bond acceptors (Lipinski definition) is 3. The molecule has 1 aliphatic carbocycles. The maximum absolute atomic E-state index is 13.4. The molecule has 0 unspecified atom stereocenters. The lowest BCUT2D eigenvalue weighted by Crippen LogP contribution is -2.41. The Hall–Kier alpha value is -2.96. The molecule has 0 spiro atoms. The van der Waals surface area contributed by atoms with Crippen LogP contribution in [0, 0.1) is 11.6 Å². The van der Waals surface area contributed by atoms with Crippen molar-refractivity contribution in [2.45, 2.75) is 38.1 Å². The Morgan fingerprint density at radius 3 is 2.56 bits per heavy atom. The van der Waals surface area contributed by atoms with Gasteiger partial charge in [0.25, 0.3) is 5.91 Å². The van der Waals surface area contributed by atoms with Crippen LogP contribution in [0.5, 0.6) is 0 Å². The van der Waals surface area contributed by atoms with Crippen molar-refractivity contribution >= 4 is 18.0 Å². The topological polar surface area (TPSA) is 62.6 Å². The first-order valence-electron chi connectivity index (χ1n) is 8.94. The van der Waals surface area contributed by atoms with E-state index in [1.807, 2.05) is 0 Å². The van der Waals surface area contributed by atoms with Gasteiger partial charge in [0.15, 0.2) is 11.6 Å². The van der Waals surface area contributed by atoms with Crippen molar-refractivity contribution in [3.8, 4) is 11.3 Å². The molecule has 1 aliphatic heterocycles. The second-order valence-electron chi connectivity index (χ2n) is 6.79. The van der Waals surface area contributed by atoms with Crippen molar-refractivity contribution in [2.75, 3.05) is 0 Å². The molecule has 2 aromatic rings. The van der Waals surface area contributed by atoms with E-state index < -0.39 is 17.7 Å². The average Bonchev–Trinajstić information content (AvgIpc) is 3.23. The molecule has 2 fully saturated rings. The van der Waals surface area contributed by atoms with Crippen LogP contribution >= 0.6 is 0 Å². The highest BCUT2D eigenvalue weighted by Crippen LogP contribution is 2.28. The first-order chi connectivity index (χ1) is 13.0. The van der Waals surface area contributed by atoms with E-state index in [4.69, 9.17) is 4.42 Å². The van der Waals surface area contributed by atoms with Gasteiger partial charge < -0.3 is 9.73 Å². The van der Waals surface area contributed by atoms with Gasteiger partial charge in [-0.2, -0.15) is 0 Å². The molecule has 0 bridgehead atoms. The molecule has 1 aromatic carbocycles. The first-order valence-corrected chi connectivity index (χ1v) is 8.94. The van der Waals surface area contributed by atoms with E-state index in [1.54, 1.807) is 12.1 Å². The molecule has 140 valence electrons. The molecular weight excluding hydrogens is 354 g/mol. The summed E-state index contributed by atoms with van der Waals surface area (Å²) in [5.74, 6) is -1.59. The van der Waals surface area contributed by atoms with Crippen LogP contribution in [0.4, 0.5) is 13.6 Å². The van der Waals surface area contributed by atoms with Crippen LogP contribution in [-0.4, -0.2) is 22.9 Å². The molecule has 0 atom stereocenters. The minimum absolute atomic E-state index is 0.0634. The van der Waals surface area contributed by atoms with Crippen molar-refractivity contribution in [1.82, 2.24) is 10.2 Å². The van der Waals surface area contributed by atoms with Gasteiger partial charge in [-0.25, -0.2) is 13.6 Å². The van der Waals surface area contributed by atoms with E-state index >= 15 is 0 Å². The first kappa shape index (κ1) is 17.5. The molecular formula is C20H18F2N2O3. The number of furan rings is 1. The molecule has 4 rings (SSSR count). The van der Waals surface area contributed by atoms with Crippen molar-refractivity contribution in [3.05, 3.63) is 53.4 Å². The molecule has 5 nitrogen and oxygen atoms in total. The summed E-state index contributed by atoms with van der Waals surface area (Å²) in [5.41, 5.74) is 0.529. The molecule has 1 aromatic heterocycles. The van der Waals surface area contributed by atoms with Crippen LogP contribution in [0.3, 0.4) is 0 Å². The molecule has 2 aliphatic rings. The summed E-state index contributed by atoms with van der Waals surface area (Å²) in [5, 5.41) is 2.59. The lowest BCUT2D eigenvalue weighted by atomic mass is 9.94. The molecule has 0 radical (unpaired) electrons. The SMILES string of the molecule is O=C1N/C(=C/c2ccc(-c3ccc(F)c(F)c3)o2)C(=O)N1C1CCCCC1. The molecule has 2 heterocycles. The predicted molar refractivity (Wildman–Crippen MR) is 94.3 cm³/mol. The number of carbonyl (C=O) groups is 2. The zero-order chi connectivity index (χ0) is 19.0. The molecule has 1 N–H and O–H groups in total. The number of carbonyl (C=O) groups excluding carboxylic acids is 2. The van der Waals surface area contributed by atoms with Crippen LogP contribution in [0.1, 0.15) is 37.9 Å². The highest BCUT2D eigenvalue weighted by molar-refractivity contribution is 6.14. The monoisotopic (exact) mass is 372 g/mol. The van der Waals surface area contributed by atoms with Gasteiger partial charge in [0.2, 0.25) is 0 Å². The Morgan fingerprint density at radius 1 is 1.04 bits per heavy atom. The van der Waals surface area contributed by atoms with Crippen molar-refractivity contribution < 1.29 is 22.8 Å². The van der Waals surface area contributed by atoms with E-state index in [-0.39, 0.29) is 17.6 Å². The van der Waals surface area contributed by atoms with Crippen molar-refractivity contribution in [3.63, 3.8) is 0 Å². The number of hydrogen-bond donors (Lipinski definition) is 1. The number of rotatable bonds is 3. The van der Waals surface area contributed by atoms with Gasteiger partial charge in [-0.1, -0.05) is 19.3 Å². The molecule has 1 saturated heterocycles. The number of nitrogens with zero attached hydrogens (tertiary/aromatic N) is 1. The second-order valence-corrected chi connectivity index (χ2v) is 6.79. The lowest BCUT2D eigenvalue weighted by Gasteiger charge is -2.28. The van der Waals surface area contributed by atoms with E-state index in [0.717, 1.165) is 44.2 Å². The van der Waals surface area contributed by atoms with Gasteiger partial charge in [0.1, 0.15) is 17.2 Å². The van der Waals surface area contributed by atoms with Gasteiger partial charge >= 0.3 is 6.03 Å². The minimum Gasteiger partial charge on any atom is -0.457 e. The second kappa shape index (κ2) is 6.98. The quantitative estimate of drug-likeness (QED) is 0.640. The third kappa shape index (κ3) is 3.37. The zero-order valence-electron chi connectivity index (χ0n) is 14.5. The van der Waals surface area contributed by atoms with Crippen LogP contribution < -0.4 is 5.32 Å². The molecule has 3 amide bonds. The summed E-state index contributed by atoms with van der Waals surface area (Å²) in [6, 6.07) is 6.19. The Labute approximate surface area is 154 Å². The number of nitrogens with one attached hydrogen (secondary N) is 1. The molecule has 1 saturated carbocycles. The summed E-state index contributed by atoms with van der Waals surface area (Å²) in [7, 11) is 0. The Kier molecular flexibility index (Phi) is 4.51. The maximum atomic E-state index is 13.4. The zero-order valence-corrected chi connectivity index (χ0v) is 14.5. The Bertz CT molecular complexity index is 929. The van der Waals surface area contributed by atoms with E-state index in [0.29, 0.717) is 17.1 Å². The van der Waals surface area contributed by atoms with E-state index in [2.05, 4.69) is 5.32 Å². The summed E-state index contributed by atoms with van der Waals surface area (Å²) in [6.07, 6.45) is 6.25. The van der Waals surface area contributed by atoms with Gasteiger partial charge in [-0.05, 0) is 43.2 Å². The standard InChI is InChI=1S/C20H18F2N2O3/c21-15-8-6-12(10-16(15)22)18-9-7-14(27-18)11-17-19(25)24(20(26)23-17)13-4-2-1-3-5-13/h6-11,13H,1-5H2,(H,23,26)/b17-11+. The van der Waals surface area contributed by atoms with E-state index in [9.17, 15) is 18.4 Å². The van der Waals surface area contributed by atoms with Crippen LogP contribution in [0.2, 0.25) is 0 Å². The van der Waals surface area contributed by atoms with Gasteiger partial charge in [-0.3, -0.25) is 9.69 Å². The number of amides is 3. The van der Waals surface area contributed by atoms with Crippen LogP contribution in [-0.2, 0) is 4.79 Å². The lowest BCUT2D eigenvalue weighted by molar-refractivity contribution is -0.124.